The van der Waals surface area contributed by atoms with Crippen LogP contribution in [0, 0.1) is 10.1 Å². The molecule has 1 N–H and O–H groups in total. The highest BCUT2D eigenvalue weighted by Gasteiger charge is 2.39. The molecule has 0 aliphatic heterocycles. The van der Waals surface area contributed by atoms with Crippen LogP contribution in [0.15, 0.2) is 12.2 Å². The third-order valence-electron chi connectivity index (χ3n) is 5.56. The van der Waals surface area contributed by atoms with E-state index >= 15 is 0 Å². The molecule has 0 fully saturated rings. The van der Waals surface area contributed by atoms with Gasteiger partial charge in [-0.25, -0.2) is 0 Å². The molecule has 1 atom stereocenters. The van der Waals surface area contributed by atoms with Gasteiger partial charge in [-0.15, -0.1) is 0 Å². The smallest absolute Gasteiger partial charge is 0.325 e. The second-order valence-electron chi connectivity index (χ2n) is 8.36. The van der Waals surface area contributed by atoms with Crippen molar-refractivity contribution in [1.29, 1.82) is 0 Å². The molecule has 5 heteroatoms. The van der Waals surface area contributed by atoms with Crippen LogP contribution in [0.25, 0.3) is 0 Å². The number of aldehydes is 1. The van der Waals surface area contributed by atoms with Gasteiger partial charge < -0.3 is 5.11 Å². The molecule has 29 heavy (non-hydrogen) atoms. The number of hydrogen-bond acceptors (Lipinski definition) is 4. The van der Waals surface area contributed by atoms with Crippen molar-refractivity contribution in [1.82, 2.24) is 0 Å². The van der Waals surface area contributed by atoms with E-state index in [1.807, 2.05) is 0 Å². The minimum atomic E-state index is -2.39. The molecular weight excluding hydrogens is 366 g/mol. The van der Waals surface area contributed by atoms with E-state index in [2.05, 4.69) is 19.1 Å². The molecule has 0 aliphatic carbocycles. The molecule has 0 aromatic carbocycles. The maximum absolute atomic E-state index is 10.6. The summed E-state index contributed by atoms with van der Waals surface area (Å²) in [5.41, 5.74) is -2.39. The lowest BCUT2D eigenvalue weighted by molar-refractivity contribution is -0.602. The standard InChI is InChI=1S/C24H45NO4/c1-2-3-4-5-6-7-8-9-10-11-12-13-14-15-16-17-18-19-20-21-22-24(27,23-26)25(28)29/h9-10,23,27H,2-8,11-22H2,1H3/b10-9+. The molecule has 0 saturated heterocycles. The van der Waals surface area contributed by atoms with E-state index in [0.29, 0.717) is 6.42 Å². The first-order chi connectivity index (χ1) is 14.1. The second kappa shape index (κ2) is 20.1. The number of aliphatic hydroxyl groups is 1. The van der Waals surface area contributed by atoms with Gasteiger partial charge in [-0.05, 0) is 32.1 Å². The van der Waals surface area contributed by atoms with Crippen LogP contribution in [-0.2, 0) is 4.79 Å². The van der Waals surface area contributed by atoms with Crippen LogP contribution < -0.4 is 0 Å². The second-order valence-corrected chi connectivity index (χ2v) is 8.36. The quantitative estimate of drug-likeness (QED) is 0.0512. The van der Waals surface area contributed by atoms with Gasteiger partial charge in [-0.3, -0.25) is 14.9 Å². The lowest BCUT2D eigenvalue weighted by Gasteiger charge is -2.11. The van der Waals surface area contributed by atoms with Gasteiger partial charge in [-0.1, -0.05) is 103 Å². The Morgan fingerprint density at radius 2 is 1.10 bits per heavy atom. The molecular formula is C24H45NO4. The molecule has 0 aliphatic rings. The summed E-state index contributed by atoms with van der Waals surface area (Å²) in [5.74, 6) is 0. The molecule has 0 spiro atoms. The number of rotatable bonds is 22. The lowest BCUT2D eigenvalue weighted by Crippen LogP contribution is -2.39. The van der Waals surface area contributed by atoms with Gasteiger partial charge in [0.15, 0.2) is 0 Å². The third-order valence-corrected chi connectivity index (χ3v) is 5.56. The molecule has 0 amide bonds. The molecule has 0 aromatic heterocycles. The van der Waals surface area contributed by atoms with Gasteiger partial charge >= 0.3 is 5.72 Å². The predicted molar refractivity (Wildman–Crippen MR) is 121 cm³/mol. The van der Waals surface area contributed by atoms with Crippen molar-refractivity contribution in [2.24, 2.45) is 0 Å². The Morgan fingerprint density at radius 1 is 0.724 bits per heavy atom. The van der Waals surface area contributed by atoms with Crippen molar-refractivity contribution in [3.63, 3.8) is 0 Å². The van der Waals surface area contributed by atoms with Gasteiger partial charge in [-0.2, -0.15) is 0 Å². The highest BCUT2D eigenvalue weighted by Crippen LogP contribution is 2.16. The fourth-order valence-electron chi connectivity index (χ4n) is 3.53. The van der Waals surface area contributed by atoms with Crippen LogP contribution in [0.4, 0.5) is 0 Å². The molecule has 1 unspecified atom stereocenters. The minimum Gasteiger partial charge on any atom is -0.325 e. The van der Waals surface area contributed by atoms with Crippen molar-refractivity contribution < 1.29 is 14.8 Å². The van der Waals surface area contributed by atoms with Crippen LogP contribution in [0.1, 0.15) is 129 Å². The summed E-state index contributed by atoms with van der Waals surface area (Å²) in [6.45, 7) is 2.26. The zero-order valence-corrected chi connectivity index (χ0v) is 18.8. The lowest BCUT2D eigenvalue weighted by atomic mass is 10.0. The van der Waals surface area contributed by atoms with E-state index in [1.54, 1.807) is 0 Å². The molecule has 170 valence electrons. The van der Waals surface area contributed by atoms with E-state index in [-0.39, 0.29) is 12.7 Å². The Morgan fingerprint density at radius 3 is 1.48 bits per heavy atom. The van der Waals surface area contributed by atoms with Crippen LogP contribution in [0.2, 0.25) is 0 Å². The van der Waals surface area contributed by atoms with Crippen LogP contribution in [0.3, 0.4) is 0 Å². The van der Waals surface area contributed by atoms with Gasteiger partial charge in [0.25, 0.3) is 0 Å². The summed E-state index contributed by atoms with van der Waals surface area (Å²) in [6.07, 6.45) is 26.5. The fraction of sp³-hybridized carbons (Fsp3) is 0.875. The molecule has 0 heterocycles. The van der Waals surface area contributed by atoms with Gasteiger partial charge in [0.2, 0.25) is 6.29 Å². The Bertz CT molecular complexity index is 425. The minimum absolute atomic E-state index is 0.0401. The average molecular weight is 412 g/mol. The first-order valence-corrected chi connectivity index (χ1v) is 12.0. The van der Waals surface area contributed by atoms with Crippen molar-refractivity contribution in [3.05, 3.63) is 22.3 Å². The Kier molecular flexibility index (Phi) is 19.2. The van der Waals surface area contributed by atoms with Gasteiger partial charge in [0.05, 0.1) is 11.3 Å². The Balaban J connectivity index is 3.27. The van der Waals surface area contributed by atoms with E-state index in [0.717, 1.165) is 19.3 Å². The third kappa shape index (κ3) is 17.3. The predicted octanol–water partition coefficient (Wildman–Crippen LogP) is 7.14. The average Bonchev–Trinajstić information content (AvgIpc) is 2.72. The van der Waals surface area contributed by atoms with Crippen molar-refractivity contribution >= 4 is 6.29 Å². The van der Waals surface area contributed by atoms with Crippen LogP contribution >= 0.6 is 0 Å². The molecule has 0 saturated carbocycles. The number of unbranched alkanes of at least 4 members (excludes halogenated alkanes) is 16. The first-order valence-electron chi connectivity index (χ1n) is 12.0. The number of carbonyl (C=O) groups excluding carboxylic acids is 1. The zero-order chi connectivity index (χ0) is 21.6. The van der Waals surface area contributed by atoms with Gasteiger partial charge in [0, 0.05) is 0 Å². The highest BCUT2D eigenvalue weighted by atomic mass is 16.7. The summed E-state index contributed by atoms with van der Waals surface area (Å²) in [4.78, 5) is 20.3. The van der Waals surface area contributed by atoms with E-state index in [4.69, 9.17) is 0 Å². The summed E-state index contributed by atoms with van der Waals surface area (Å²) in [5, 5.41) is 20.1. The monoisotopic (exact) mass is 411 g/mol. The van der Waals surface area contributed by atoms with Gasteiger partial charge in [0.1, 0.15) is 0 Å². The molecule has 5 nitrogen and oxygen atoms in total. The number of allylic oxidation sites excluding steroid dienone is 2. The summed E-state index contributed by atoms with van der Waals surface area (Å²) >= 11 is 0. The Labute approximate surface area is 178 Å². The highest BCUT2D eigenvalue weighted by molar-refractivity contribution is 5.58. The van der Waals surface area contributed by atoms with Crippen molar-refractivity contribution in [2.75, 3.05) is 0 Å². The topological polar surface area (TPSA) is 80.4 Å². The largest absolute Gasteiger partial charge is 0.378 e. The Hall–Kier alpha value is -1.23. The summed E-state index contributed by atoms with van der Waals surface area (Å²) in [7, 11) is 0. The molecule has 0 bridgehead atoms. The number of nitrogens with zero attached hydrogens (tertiary/aromatic N) is 1. The van der Waals surface area contributed by atoms with Crippen LogP contribution in [-0.4, -0.2) is 22.0 Å². The SMILES string of the molecule is CCCCCCCC/C=C/CCCCCCCCCCCCC(O)(C=O)[N+](=O)[O-]. The zero-order valence-electron chi connectivity index (χ0n) is 18.8. The fourth-order valence-corrected chi connectivity index (χ4v) is 3.53. The summed E-state index contributed by atoms with van der Waals surface area (Å²) in [6, 6.07) is 0. The number of carbonyl (C=O) groups is 1. The van der Waals surface area contributed by atoms with E-state index in [9.17, 15) is 20.0 Å². The normalized spacial score (nSPS) is 13.6. The van der Waals surface area contributed by atoms with Crippen LogP contribution in [0.5, 0.6) is 0 Å². The number of nitro groups is 1. The summed E-state index contributed by atoms with van der Waals surface area (Å²) < 4.78 is 0. The first kappa shape index (κ1) is 27.8. The maximum Gasteiger partial charge on any atom is 0.378 e. The number of hydrogen-bond donors (Lipinski definition) is 1. The van der Waals surface area contributed by atoms with E-state index in [1.165, 1.54) is 89.9 Å². The molecule has 0 rings (SSSR count). The molecule has 0 radical (unpaired) electrons. The van der Waals surface area contributed by atoms with Crippen molar-refractivity contribution in [2.45, 2.75) is 135 Å². The van der Waals surface area contributed by atoms with E-state index < -0.39 is 10.6 Å². The molecule has 0 aromatic rings. The van der Waals surface area contributed by atoms with Crippen molar-refractivity contribution in [3.8, 4) is 0 Å². The maximum atomic E-state index is 10.6.